The number of rotatable bonds is 4. The van der Waals surface area contributed by atoms with Crippen LogP contribution < -0.4 is 0 Å². The molecular weight excluding hydrogens is 294 g/mol. The second-order valence-corrected chi connectivity index (χ2v) is 5.48. The van der Waals surface area contributed by atoms with Gasteiger partial charge in [-0.25, -0.2) is 4.98 Å². The number of hydrogen-bond donors (Lipinski definition) is 1. The summed E-state index contributed by atoms with van der Waals surface area (Å²) in [6.45, 7) is 3.71. The van der Waals surface area contributed by atoms with Crippen LogP contribution in [0.25, 0.3) is 5.65 Å². The first-order valence-corrected chi connectivity index (χ1v) is 7.18. The van der Waals surface area contributed by atoms with Crippen LogP contribution in [0.2, 0.25) is 5.02 Å². The van der Waals surface area contributed by atoms with E-state index < -0.39 is 5.97 Å². The molecule has 2 aromatic heterocycles. The summed E-state index contributed by atoms with van der Waals surface area (Å²) in [6.07, 6.45) is 1.70. The molecule has 21 heavy (non-hydrogen) atoms. The van der Waals surface area contributed by atoms with Crippen LogP contribution in [0, 0.1) is 0 Å². The predicted octanol–water partition coefficient (Wildman–Crippen LogP) is 1.45. The van der Waals surface area contributed by atoms with Gasteiger partial charge in [-0.05, 0) is 12.1 Å². The highest BCUT2D eigenvalue weighted by Crippen LogP contribution is 2.19. The molecule has 1 fully saturated rings. The maximum atomic E-state index is 11.0. The number of nitrogens with zero attached hydrogens (tertiary/aromatic N) is 3. The van der Waals surface area contributed by atoms with E-state index >= 15 is 0 Å². The number of fused-ring (bicyclic) bond motifs is 1. The average Bonchev–Trinajstić information content (AvgIpc) is 2.77. The van der Waals surface area contributed by atoms with Crippen LogP contribution in [0.3, 0.4) is 0 Å². The summed E-state index contributed by atoms with van der Waals surface area (Å²) in [4.78, 5) is 17.7. The van der Waals surface area contributed by atoms with Crippen molar-refractivity contribution in [2.75, 3.05) is 26.3 Å². The Balaban J connectivity index is 1.98. The number of hydrogen-bond acceptors (Lipinski definition) is 4. The van der Waals surface area contributed by atoms with E-state index in [0.717, 1.165) is 24.4 Å². The number of carbonyl (C=O) groups is 1. The van der Waals surface area contributed by atoms with Gasteiger partial charge in [-0.3, -0.25) is 9.69 Å². The summed E-state index contributed by atoms with van der Waals surface area (Å²) in [6, 6.07) is 3.56. The summed E-state index contributed by atoms with van der Waals surface area (Å²) in [5.41, 5.74) is 2.20. The molecule has 1 aliphatic heterocycles. The van der Waals surface area contributed by atoms with Crippen molar-refractivity contribution in [2.45, 2.75) is 13.0 Å². The molecule has 0 saturated carbocycles. The number of pyridine rings is 1. The molecule has 112 valence electrons. The zero-order valence-corrected chi connectivity index (χ0v) is 12.2. The van der Waals surface area contributed by atoms with Crippen molar-refractivity contribution in [1.82, 2.24) is 14.3 Å². The Kier molecular flexibility index (Phi) is 4.10. The van der Waals surface area contributed by atoms with Crippen LogP contribution in [-0.4, -0.2) is 51.7 Å². The van der Waals surface area contributed by atoms with E-state index in [1.165, 1.54) is 0 Å². The molecular formula is C14H16ClN3O3. The lowest BCUT2D eigenvalue weighted by Gasteiger charge is -2.26. The maximum Gasteiger partial charge on any atom is 0.309 e. The zero-order valence-electron chi connectivity index (χ0n) is 11.5. The van der Waals surface area contributed by atoms with Crippen molar-refractivity contribution < 1.29 is 14.6 Å². The molecule has 6 nitrogen and oxygen atoms in total. The van der Waals surface area contributed by atoms with Gasteiger partial charge in [0.25, 0.3) is 0 Å². The van der Waals surface area contributed by atoms with Crippen molar-refractivity contribution in [3.63, 3.8) is 0 Å². The second-order valence-electron chi connectivity index (χ2n) is 5.04. The largest absolute Gasteiger partial charge is 0.481 e. The quantitative estimate of drug-likeness (QED) is 0.926. The molecule has 0 unspecified atom stereocenters. The number of aromatic nitrogens is 2. The normalized spacial score (nSPS) is 16.4. The fraction of sp³-hybridized carbons (Fsp3) is 0.429. The van der Waals surface area contributed by atoms with E-state index in [1.54, 1.807) is 18.3 Å². The third-order valence-electron chi connectivity index (χ3n) is 3.56. The summed E-state index contributed by atoms with van der Waals surface area (Å²) >= 11 is 6.05. The van der Waals surface area contributed by atoms with Crippen molar-refractivity contribution in [1.29, 1.82) is 0 Å². The Morgan fingerprint density at radius 1 is 1.38 bits per heavy atom. The third kappa shape index (κ3) is 3.18. The first kappa shape index (κ1) is 14.3. The number of carboxylic acids is 1. The van der Waals surface area contributed by atoms with Crippen LogP contribution in [0.5, 0.6) is 0 Å². The molecule has 1 aliphatic rings. The lowest BCUT2D eigenvalue weighted by Crippen LogP contribution is -2.36. The molecule has 3 rings (SSSR count). The average molecular weight is 310 g/mol. The monoisotopic (exact) mass is 309 g/mol. The first-order chi connectivity index (χ1) is 10.1. The van der Waals surface area contributed by atoms with Gasteiger partial charge in [0.2, 0.25) is 0 Å². The predicted molar refractivity (Wildman–Crippen MR) is 77.6 cm³/mol. The Hall–Kier alpha value is -1.63. The third-order valence-corrected chi connectivity index (χ3v) is 3.78. The highest BCUT2D eigenvalue weighted by molar-refractivity contribution is 6.30. The second kappa shape index (κ2) is 6.01. The van der Waals surface area contributed by atoms with E-state index in [0.29, 0.717) is 30.5 Å². The Bertz CT molecular complexity index is 665. The number of aliphatic carboxylic acids is 1. The molecule has 0 aromatic carbocycles. The fourth-order valence-corrected chi connectivity index (χ4v) is 2.70. The van der Waals surface area contributed by atoms with Gasteiger partial charge in [0.1, 0.15) is 5.65 Å². The molecule has 3 heterocycles. The van der Waals surface area contributed by atoms with Gasteiger partial charge in [0.05, 0.1) is 36.0 Å². The summed E-state index contributed by atoms with van der Waals surface area (Å²) in [7, 11) is 0. The SMILES string of the molecule is O=C(O)Cc1nc2ccc(Cl)cn2c1CN1CCOCC1. The number of imidazole rings is 1. The molecule has 0 amide bonds. The molecule has 0 aliphatic carbocycles. The van der Waals surface area contributed by atoms with E-state index in [4.69, 9.17) is 21.4 Å². The minimum Gasteiger partial charge on any atom is -0.481 e. The van der Waals surface area contributed by atoms with Crippen LogP contribution in [0.1, 0.15) is 11.4 Å². The molecule has 1 N–H and O–H groups in total. The van der Waals surface area contributed by atoms with Gasteiger partial charge >= 0.3 is 5.97 Å². The van der Waals surface area contributed by atoms with Gasteiger partial charge < -0.3 is 14.2 Å². The number of carboxylic acid groups (broad SMARTS) is 1. The molecule has 2 aromatic rings. The van der Waals surface area contributed by atoms with Crippen LogP contribution in [-0.2, 0) is 22.5 Å². The summed E-state index contributed by atoms with van der Waals surface area (Å²) in [5, 5.41) is 9.67. The Morgan fingerprint density at radius 3 is 2.86 bits per heavy atom. The topological polar surface area (TPSA) is 67.1 Å². The van der Waals surface area contributed by atoms with Crippen molar-refractivity contribution in [3.05, 3.63) is 34.7 Å². The smallest absolute Gasteiger partial charge is 0.309 e. The standard InChI is InChI=1S/C14H16ClN3O3/c15-10-1-2-13-16-11(7-14(19)20)12(18(13)8-10)9-17-3-5-21-6-4-17/h1-2,8H,3-7,9H2,(H,19,20). The molecule has 7 heteroatoms. The van der Waals surface area contributed by atoms with E-state index in [2.05, 4.69) is 9.88 Å². The number of halogens is 1. The minimum absolute atomic E-state index is 0.0844. The van der Waals surface area contributed by atoms with Gasteiger partial charge in [-0.2, -0.15) is 0 Å². The van der Waals surface area contributed by atoms with Crippen LogP contribution in [0.4, 0.5) is 0 Å². The summed E-state index contributed by atoms with van der Waals surface area (Å²) in [5.74, 6) is -0.882. The molecule has 0 radical (unpaired) electrons. The highest BCUT2D eigenvalue weighted by atomic mass is 35.5. The van der Waals surface area contributed by atoms with Crippen LogP contribution >= 0.6 is 11.6 Å². The lowest BCUT2D eigenvalue weighted by atomic mass is 10.2. The van der Waals surface area contributed by atoms with E-state index in [9.17, 15) is 4.79 Å². The van der Waals surface area contributed by atoms with E-state index in [1.807, 2.05) is 4.40 Å². The van der Waals surface area contributed by atoms with Crippen LogP contribution in [0.15, 0.2) is 18.3 Å². The molecule has 0 spiro atoms. The Morgan fingerprint density at radius 2 is 2.14 bits per heavy atom. The number of morpholine rings is 1. The maximum absolute atomic E-state index is 11.0. The zero-order chi connectivity index (χ0) is 14.8. The lowest BCUT2D eigenvalue weighted by molar-refractivity contribution is -0.136. The Labute approximate surface area is 126 Å². The van der Waals surface area contributed by atoms with Gasteiger partial charge in [-0.15, -0.1) is 0 Å². The minimum atomic E-state index is -0.882. The van der Waals surface area contributed by atoms with Gasteiger partial charge in [0.15, 0.2) is 0 Å². The highest BCUT2D eigenvalue weighted by Gasteiger charge is 2.19. The first-order valence-electron chi connectivity index (χ1n) is 6.81. The molecule has 1 saturated heterocycles. The summed E-state index contributed by atoms with van der Waals surface area (Å²) < 4.78 is 7.23. The van der Waals surface area contributed by atoms with E-state index in [-0.39, 0.29) is 6.42 Å². The van der Waals surface area contributed by atoms with Gasteiger partial charge in [0, 0.05) is 25.8 Å². The van der Waals surface area contributed by atoms with Crippen molar-refractivity contribution in [3.8, 4) is 0 Å². The number of ether oxygens (including phenoxy) is 1. The fourth-order valence-electron chi connectivity index (χ4n) is 2.54. The van der Waals surface area contributed by atoms with Crippen molar-refractivity contribution in [2.24, 2.45) is 0 Å². The van der Waals surface area contributed by atoms with Crippen molar-refractivity contribution >= 4 is 23.2 Å². The molecule has 0 atom stereocenters. The van der Waals surface area contributed by atoms with Gasteiger partial charge in [-0.1, -0.05) is 11.6 Å². The molecule has 0 bridgehead atoms.